The molecule has 0 aliphatic carbocycles. The Labute approximate surface area is 328 Å². The molecule has 1 aliphatic rings. The lowest BCUT2D eigenvalue weighted by Gasteiger charge is -2.35. The van der Waals surface area contributed by atoms with Gasteiger partial charge in [0.05, 0.1) is 23.5 Å². The Morgan fingerprint density at radius 1 is 1.04 bits per heavy atom. The molecule has 4 rings (SSSR count). The molecule has 14 nitrogen and oxygen atoms in total. The molecule has 298 valence electrons. The number of nitrogens with one attached hydrogen (secondary N) is 1. The summed E-state index contributed by atoms with van der Waals surface area (Å²) in [6.07, 6.45) is -2.58. The number of anilines is 1. The van der Waals surface area contributed by atoms with Crippen molar-refractivity contribution in [3.63, 3.8) is 0 Å². The molecule has 0 fully saturated rings. The molecule has 0 saturated heterocycles. The summed E-state index contributed by atoms with van der Waals surface area (Å²) < 4.78 is 56.4. The highest BCUT2D eigenvalue weighted by Gasteiger charge is 2.36. The largest absolute Gasteiger partial charge is 0.457 e. The minimum atomic E-state index is -4.69. The Morgan fingerprint density at radius 2 is 1.66 bits per heavy atom. The maximum Gasteiger partial charge on any atom is 0.419 e. The number of halogens is 4. The number of benzene rings is 2. The predicted molar refractivity (Wildman–Crippen MR) is 200 cm³/mol. The van der Waals surface area contributed by atoms with Crippen LogP contribution in [0.1, 0.15) is 72.2 Å². The first-order valence-electron chi connectivity index (χ1n) is 17.0. The van der Waals surface area contributed by atoms with Crippen LogP contribution >= 0.6 is 15.9 Å². The smallest absolute Gasteiger partial charge is 0.419 e. The summed E-state index contributed by atoms with van der Waals surface area (Å²) in [7, 11) is 1.14. The van der Waals surface area contributed by atoms with Gasteiger partial charge in [0.15, 0.2) is 0 Å². The summed E-state index contributed by atoms with van der Waals surface area (Å²) in [6.45, 7) is 11.1. The Kier molecular flexibility index (Phi) is 13.3. The third-order valence-electron chi connectivity index (χ3n) is 8.20. The quantitative estimate of drug-likeness (QED) is 0.107. The second-order valence-electron chi connectivity index (χ2n) is 13.6. The molecule has 3 aromatic rings. The molecule has 0 unspecified atom stereocenters. The highest BCUT2D eigenvalue weighted by molar-refractivity contribution is 9.10. The average Bonchev–Trinajstić information content (AvgIpc) is 3.12. The number of aromatic nitrogens is 2. The van der Waals surface area contributed by atoms with Gasteiger partial charge >= 0.3 is 24.2 Å². The summed E-state index contributed by atoms with van der Waals surface area (Å²) in [5.41, 5.74) is -1.57. The van der Waals surface area contributed by atoms with Gasteiger partial charge in [0.1, 0.15) is 5.60 Å². The topological polar surface area (TPSA) is 166 Å². The van der Waals surface area contributed by atoms with Crippen LogP contribution in [-0.2, 0) is 42.9 Å². The third kappa shape index (κ3) is 10.5. The van der Waals surface area contributed by atoms with Crippen LogP contribution in [0.3, 0.4) is 0 Å². The van der Waals surface area contributed by atoms with E-state index in [0.717, 1.165) is 31.3 Å². The monoisotopic (exact) mass is 845 g/mol. The normalized spacial score (nSPS) is 14.7. The lowest BCUT2D eigenvalue weighted by atomic mass is 9.98. The molecular formula is C38H39BrF3N5O9. The first kappa shape index (κ1) is 43.0. The van der Waals surface area contributed by atoms with Gasteiger partial charge < -0.3 is 24.4 Å². The maximum absolute atomic E-state index is 14.1. The van der Waals surface area contributed by atoms with Gasteiger partial charge in [-0.25, -0.2) is 28.8 Å². The van der Waals surface area contributed by atoms with Crippen LogP contribution in [0.4, 0.5) is 23.9 Å². The van der Waals surface area contributed by atoms with E-state index in [1.165, 1.54) is 39.8 Å². The molecule has 3 amide bonds. The Bertz CT molecular complexity index is 2130. The number of fused-ring (bicyclic) bond motifs is 1. The number of amides is 3. The fraction of sp³-hybridized carbons (Fsp3) is 0.342. The summed E-state index contributed by atoms with van der Waals surface area (Å²) >= 11 is 2.89. The predicted octanol–water partition coefficient (Wildman–Crippen LogP) is 6.19. The fourth-order valence-corrected chi connectivity index (χ4v) is 5.83. The van der Waals surface area contributed by atoms with Gasteiger partial charge in [-0.3, -0.25) is 14.4 Å². The van der Waals surface area contributed by atoms with Crippen LogP contribution in [0, 0.1) is 0 Å². The van der Waals surface area contributed by atoms with Crippen molar-refractivity contribution in [3.05, 3.63) is 110 Å². The van der Waals surface area contributed by atoms with Gasteiger partial charge in [0, 0.05) is 52.4 Å². The van der Waals surface area contributed by atoms with E-state index >= 15 is 0 Å². The van der Waals surface area contributed by atoms with Gasteiger partial charge in [-0.05, 0) is 83.5 Å². The highest BCUT2D eigenvalue weighted by Crippen LogP contribution is 2.36. The molecule has 18 heteroatoms. The maximum atomic E-state index is 14.1. The van der Waals surface area contributed by atoms with Crippen molar-refractivity contribution in [1.29, 1.82) is 0 Å². The van der Waals surface area contributed by atoms with Crippen molar-refractivity contribution in [1.82, 2.24) is 19.4 Å². The standard InChI is InChI=1S/C38H39BrF3N5O9/c1-8-21(2)43-35-44-29-19-46(33(51)24-11-14-28(39)27(18-24)38(40,41)42)22(3)17-26(29)34(52)47(35)25-12-9-23(10-13-25)32(50)45(7)36(53)55-20-54-30(48)15-16-31(49)56-37(4,5)6/h8-16,18,21-22H,1,17,19-20H2,2-7H3,(H,43,44)/b16-15+/t21-,22+/m0/s1. The van der Waals surface area contributed by atoms with E-state index in [1.54, 1.807) is 40.7 Å². The van der Waals surface area contributed by atoms with E-state index in [1.807, 2.05) is 0 Å². The van der Waals surface area contributed by atoms with E-state index in [0.29, 0.717) is 4.90 Å². The molecular weight excluding hydrogens is 807 g/mol. The first-order valence-corrected chi connectivity index (χ1v) is 17.7. The van der Waals surface area contributed by atoms with Crippen LogP contribution in [-0.4, -0.2) is 80.7 Å². The van der Waals surface area contributed by atoms with E-state index in [4.69, 9.17) is 14.2 Å². The van der Waals surface area contributed by atoms with E-state index in [9.17, 15) is 41.9 Å². The molecule has 0 saturated carbocycles. The molecule has 56 heavy (non-hydrogen) atoms. The third-order valence-corrected chi connectivity index (χ3v) is 8.89. The molecule has 0 spiro atoms. The van der Waals surface area contributed by atoms with Gasteiger partial charge in [0.2, 0.25) is 12.7 Å². The SMILES string of the molecule is C=C[C@H](C)Nc1nc2c(c(=O)n1-c1ccc(C(=O)N(C)C(=O)OCOC(=O)/C=C/C(=O)OC(C)(C)C)cc1)C[C@@H](C)N(C(=O)c1ccc(Br)c(C(F)(F)F)c1)C2. The Balaban J connectivity index is 1.52. The van der Waals surface area contributed by atoms with E-state index < -0.39 is 71.6 Å². The molecule has 1 N–H and O–H groups in total. The van der Waals surface area contributed by atoms with Crippen molar-refractivity contribution >= 4 is 51.7 Å². The zero-order chi connectivity index (χ0) is 41.7. The zero-order valence-electron chi connectivity index (χ0n) is 31.2. The first-order chi connectivity index (χ1) is 26.1. The molecule has 1 aromatic heterocycles. The minimum Gasteiger partial charge on any atom is -0.457 e. The van der Waals surface area contributed by atoms with Crippen molar-refractivity contribution in [3.8, 4) is 5.69 Å². The number of esters is 2. The number of hydrogen-bond donors (Lipinski definition) is 1. The zero-order valence-corrected chi connectivity index (χ0v) is 32.8. The van der Waals surface area contributed by atoms with Gasteiger partial charge in [-0.2, -0.15) is 13.2 Å². The lowest BCUT2D eigenvalue weighted by Crippen LogP contribution is -2.46. The van der Waals surface area contributed by atoms with Crippen molar-refractivity contribution in [2.24, 2.45) is 0 Å². The number of hydrogen-bond acceptors (Lipinski definition) is 11. The number of rotatable bonds is 10. The molecule has 0 radical (unpaired) electrons. The number of carbonyl (C=O) groups is 5. The second-order valence-corrected chi connectivity index (χ2v) is 14.5. The van der Waals surface area contributed by atoms with Crippen molar-refractivity contribution in [2.45, 2.75) is 71.4 Å². The van der Waals surface area contributed by atoms with Crippen molar-refractivity contribution in [2.75, 3.05) is 19.2 Å². The molecule has 1 aliphatic heterocycles. The molecule has 2 heterocycles. The number of nitrogens with zero attached hydrogens (tertiary/aromatic N) is 4. The number of alkyl halides is 3. The lowest BCUT2D eigenvalue weighted by molar-refractivity contribution is -0.150. The molecule has 0 bridgehead atoms. The van der Waals surface area contributed by atoms with Crippen LogP contribution in [0.25, 0.3) is 5.69 Å². The fourth-order valence-electron chi connectivity index (χ4n) is 5.36. The number of carbonyl (C=O) groups excluding carboxylic acids is 5. The average molecular weight is 847 g/mol. The van der Waals surface area contributed by atoms with Gasteiger partial charge in [0.25, 0.3) is 17.4 Å². The van der Waals surface area contributed by atoms with Gasteiger partial charge in [-0.15, -0.1) is 6.58 Å². The van der Waals surface area contributed by atoms with E-state index in [-0.39, 0.29) is 51.5 Å². The van der Waals surface area contributed by atoms with Crippen LogP contribution < -0.4 is 10.9 Å². The Morgan fingerprint density at radius 3 is 2.27 bits per heavy atom. The number of ether oxygens (including phenoxy) is 3. The summed E-state index contributed by atoms with van der Waals surface area (Å²) in [6, 6.07) is 7.89. The summed E-state index contributed by atoms with van der Waals surface area (Å²) in [5, 5.41) is 3.09. The van der Waals surface area contributed by atoms with Gasteiger partial charge in [-0.1, -0.05) is 22.0 Å². The van der Waals surface area contributed by atoms with Crippen molar-refractivity contribution < 1.29 is 51.4 Å². The minimum absolute atomic E-state index is 0.0304. The van der Waals surface area contributed by atoms with Crippen LogP contribution in [0.2, 0.25) is 0 Å². The number of imide groups is 1. The Hall–Kier alpha value is -5.78. The summed E-state index contributed by atoms with van der Waals surface area (Å²) in [5.74, 6) is -3.17. The van der Waals surface area contributed by atoms with Crippen LogP contribution in [0.15, 0.2) is 76.5 Å². The molecule has 2 atom stereocenters. The van der Waals surface area contributed by atoms with E-state index in [2.05, 4.69) is 32.8 Å². The second kappa shape index (κ2) is 17.3. The summed E-state index contributed by atoms with van der Waals surface area (Å²) in [4.78, 5) is 83.5. The van der Waals surface area contributed by atoms with Crippen LogP contribution in [0.5, 0.6) is 0 Å². The highest BCUT2D eigenvalue weighted by atomic mass is 79.9. The molecule has 2 aromatic carbocycles.